The molecule has 0 fully saturated rings. The van der Waals surface area contributed by atoms with Crippen molar-refractivity contribution in [1.29, 1.82) is 0 Å². The Hall–Kier alpha value is -1.67. The summed E-state index contributed by atoms with van der Waals surface area (Å²) < 4.78 is 0. The molecule has 0 atom stereocenters. The highest BCUT2D eigenvalue weighted by molar-refractivity contribution is 8.00. The predicted octanol–water partition coefficient (Wildman–Crippen LogP) is 2.22. The second-order valence-corrected chi connectivity index (χ2v) is 8.08. The molecular formula is C17H22N4O2S2. The third-order valence-electron chi connectivity index (χ3n) is 4.00. The fourth-order valence-electron chi connectivity index (χ4n) is 2.86. The van der Waals surface area contributed by atoms with Gasteiger partial charge in [-0.3, -0.25) is 9.59 Å². The molecule has 3 rings (SSSR count). The lowest BCUT2D eigenvalue weighted by atomic mass is 10.2. The number of nitrogens with zero attached hydrogens (tertiary/aromatic N) is 2. The van der Waals surface area contributed by atoms with Gasteiger partial charge in [-0.05, 0) is 38.2 Å². The Bertz CT molecular complexity index is 804. The van der Waals surface area contributed by atoms with Gasteiger partial charge in [-0.1, -0.05) is 18.7 Å². The van der Waals surface area contributed by atoms with E-state index < -0.39 is 0 Å². The summed E-state index contributed by atoms with van der Waals surface area (Å²) in [6, 6.07) is 0. The van der Waals surface area contributed by atoms with Gasteiger partial charge < -0.3 is 10.6 Å². The van der Waals surface area contributed by atoms with Crippen molar-refractivity contribution < 1.29 is 9.59 Å². The first kappa shape index (κ1) is 18.1. The van der Waals surface area contributed by atoms with E-state index in [1.54, 1.807) is 11.3 Å². The minimum Gasteiger partial charge on any atom is -0.355 e. The molecular weight excluding hydrogens is 356 g/mol. The number of hydrogen-bond donors (Lipinski definition) is 2. The van der Waals surface area contributed by atoms with Gasteiger partial charge in [0.15, 0.2) is 0 Å². The number of nitrogens with one attached hydrogen (secondary N) is 2. The molecule has 25 heavy (non-hydrogen) atoms. The molecule has 0 bridgehead atoms. The van der Waals surface area contributed by atoms with Crippen LogP contribution >= 0.6 is 23.1 Å². The van der Waals surface area contributed by atoms with Crippen LogP contribution in [0.1, 0.15) is 36.0 Å². The van der Waals surface area contributed by atoms with Crippen molar-refractivity contribution in [2.45, 2.75) is 44.6 Å². The van der Waals surface area contributed by atoms with Crippen LogP contribution in [-0.2, 0) is 22.4 Å². The summed E-state index contributed by atoms with van der Waals surface area (Å²) in [7, 11) is 0. The number of carbonyl (C=O) groups is 2. The first-order valence-electron chi connectivity index (χ1n) is 8.53. The number of carbonyl (C=O) groups excluding carboxylic acids is 2. The molecule has 0 aromatic carbocycles. The second-order valence-electron chi connectivity index (χ2n) is 6.03. The smallest absolute Gasteiger partial charge is 0.239 e. The van der Waals surface area contributed by atoms with Crippen LogP contribution in [0.3, 0.4) is 0 Å². The van der Waals surface area contributed by atoms with E-state index in [1.807, 2.05) is 13.8 Å². The summed E-state index contributed by atoms with van der Waals surface area (Å²) in [6.45, 7) is 4.52. The molecule has 1 aliphatic carbocycles. The Balaban J connectivity index is 1.63. The van der Waals surface area contributed by atoms with E-state index in [1.165, 1.54) is 28.6 Å². The summed E-state index contributed by atoms with van der Waals surface area (Å²) >= 11 is 3.18. The third kappa shape index (κ3) is 4.30. The highest BCUT2D eigenvalue weighted by Gasteiger charge is 2.22. The molecule has 2 aromatic rings. The molecule has 0 spiro atoms. The summed E-state index contributed by atoms with van der Waals surface area (Å²) in [5.41, 5.74) is 1.36. The number of fused-ring (bicyclic) bond motifs is 3. The fourth-order valence-corrected chi connectivity index (χ4v) is 5.16. The highest BCUT2D eigenvalue weighted by Crippen LogP contribution is 2.40. The average Bonchev–Trinajstić information content (AvgIpc) is 3.16. The van der Waals surface area contributed by atoms with Crippen LogP contribution in [0.15, 0.2) is 5.03 Å². The standard InChI is InChI=1S/C17H22N4O2S2/c1-3-7-18-13(22)8-19-14(23)9-24-16-15-11-5-4-6-12(11)25-17(15)21-10(2)20-16/h3-9H2,1-2H3,(H,18,22)(H,19,23). The van der Waals surface area contributed by atoms with E-state index in [2.05, 4.69) is 20.6 Å². The molecule has 134 valence electrons. The molecule has 2 aromatic heterocycles. The zero-order chi connectivity index (χ0) is 17.8. The fraction of sp³-hybridized carbons (Fsp3) is 0.529. The van der Waals surface area contributed by atoms with Crippen molar-refractivity contribution in [1.82, 2.24) is 20.6 Å². The molecule has 0 aliphatic heterocycles. The lowest BCUT2D eigenvalue weighted by molar-refractivity contribution is -0.124. The van der Waals surface area contributed by atoms with Gasteiger partial charge in [-0.2, -0.15) is 0 Å². The first-order chi connectivity index (χ1) is 12.1. The maximum atomic E-state index is 12.0. The summed E-state index contributed by atoms with van der Waals surface area (Å²) in [5, 5.41) is 7.40. The number of rotatable bonds is 7. The number of amides is 2. The number of thioether (sulfide) groups is 1. The quantitative estimate of drug-likeness (QED) is 0.570. The van der Waals surface area contributed by atoms with E-state index in [0.29, 0.717) is 6.54 Å². The van der Waals surface area contributed by atoms with Crippen molar-refractivity contribution in [3.8, 4) is 0 Å². The molecule has 0 unspecified atom stereocenters. The van der Waals surface area contributed by atoms with Gasteiger partial charge in [0.1, 0.15) is 15.7 Å². The molecule has 8 heteroatoms. The predicted molar refractivity (Wildman–Crippen MR) is 101 cm³/mol. The Morgan fingerprint density at radius 2 is 2.04 bits per heavy atom. The number of hydrogen-bond acceptors (Lipinski definition) is 6. The largest absolute Gasteiger partial charge is 0.355 e. The van der Waals surface area contributed by atoms with Crippen molar-refractivity contribution >= 4 is 45.1 Å². The lowest BCUT2D eigenvalue weighted by Gasteiger charge is -2.07. The zero-order valence-corrected chi connectivity index (χ0v) is 16.1. The maximum Gasteiger partial charge on any atom is 0.239 e. The van der Waals surface area contributed by atoms with Crippen LogP contribution in [0, 0.1) is 6.92 Å². The lowest BCUT2D eigenvalue weighted by Crippen LogP contribution is -2.37. The van der Waals surface area contributed by atoms with Gasteiger partial charge in [0, 0.05) is 16.8 Å². The maximum absolute atomic E-state index is 12.0. The summed E-state index contributed by atoms with van der Waals surface area (Å²) in [4.78, 5) is 35.1. The van der Waals surface area contributed by atoms with Crippen LogP contribution < -0.4 is 10.6 Å². The monoisotopic (exact) mass is 378 g/mol. The molecule has 6 nitrogen and oxygen atoms in total. The molecule has 0 saturated carbocycles. The molecule has 2 N–H and O–H groups in total. The van der Waals surface area contributed by atoms with Crippen LogP contribution in [-0.4, -0.2) is 40.6 Å². The van der Waals surface area contributed by atoms with E-state index >= 15 is 0 Å². The van der Waals surface area contributed by atoms with Crippen molar-refractivity contribution in [3.63, 3.8) is 0 Å². The van der Waals surface area contributed by atoms with Crippen LogP contribution in [0.4, 0.5) is 0 Å². The van der Waals surface area contributed by atoms with Crippen molar-refractivity contribution in [2.24, 2.45) is 0 Å². The first-order valence-corrected chi connectivity index (χ1v) is 10.3. The van der Waals surface area contributed by atoms with E-state index in [-0.39, 0.29) is 24.1 Å². The molecule has 0 saturated heterocycles. The Labute approximate surface area is 155 Å². The van der Waals surface area contributed by atoms with Gasteiger partial charge in [-0.15, -0.1) is 11.3 Å². The third-order valence-corrected chi connectivity index (χ3v) is 6.16. The molecule has 1 aliphatic rings. The van der Waals surface area contributed by atoms with Gasteiger partial charge in [0.25, 0.3) is 0 Å². The molecule has 0 radical (unpaired) electrons. The second kappa shape index (κ2) is 8.14. The van der Waals surface area contributed by atoms with Crippen molar-refractivity contribution in [2.75, 3.05) is 18.8 Å². The van der Waals surface area contributed by atoms with Crippen LogP contribution in [0.25, 0.3) is 10.2 Å². The average molecular weight is 379 g/mol. The van der Waals surface area contributed by atoms with E-state index in [4.69, 9.17) is 0 Å². The van der Waals surface area contributed by atoms with Gasteiger partial charge in [0.05, 0.1) is 12.3 Å². The zero-order valence-electron chi connectivity index (χ0n) is 14.5. The Kier molecular flexibility index (Phi) is 5.90. The van der Waals surface area contributed by atoms with Crippen molar-refractivity contribution in [3.05, 3.63) is 16.3 Å². The van der Waals surface area contributed by atoms with E-state index in [0.717, 1.165) is 40.3 Å². The number of thiophene rings is 1. The number of aromatic nitrogens is 2. The Morgan fingerprint density at radius 3 is 2.84 bits per heavy atom. The van der Waals surface area contributed by atoms with Crippen LogP contribution in [0.2, 0.25) is 0 Å². The summed E-state index contributed by atoms with van der Waals surface area (Å²) in [5.74, 6) is 0.662. The van der Waals surface area contributed by atoms with E-state index in [9.17, 15) is 9.59 Å². The normalized spacial score (nSPS) is 13.0. The van der Waals surface area contributed by atoms with Gasteiger partial charge in [0.2, 0.25) is 11.8 Å². The Morgan fingerprint density at radius 1 is 1.20 bits per heavy atom. The minimum atomic E-state index is -0.159. The minimum absolute atomic E-state index is 0.0193. The number of aryl methyl sites for hydroxylation is 3. The van der Waals surface area contributed by atoms with Gasteiger partial charge >= 0.3 is 0 Å². The van der Waals surface area contributed by atoms with Gasteiger partial charge in [-0.25, -0.2) is 9.97 Å². The SMILES string of the molecule is CCCNC(=O)CNC(=O)CSc1nc(C)nc2sc3c(c12)CCC3. The molecule has 2 heterocycles. The summed E-state index contributed by atoms with van der Waals surface area (Å²) in [6.07, 6.45) is 4.25. The highest BCUT2D eigenvalue weighted by atomic mass is 32.2. The molecule has 2 amide bonds. The topological polar surface area (TPSA) is 84.0 Å². The van der Waals surface area contributed by atoms with Crippen LogP contribution in [0.5, 0.6) is 0 Å².